The number of rotatable bonds is 8. The highest BCUT2D eigenvalue weighted by atomic mass is 16.5. The zero-order chi connectivity index (χ0) is 13.3. The minimum atomic E-state index is -1.03. The Morgan fingerprint density at radius 1 is 1.35 bits per heavy atom. The van der Waals surface area contributed by atoms with E-state index in [4.69, 9.17) is 9.84 Å². The molecule has 0 spiro atoms. The number of carboxylic acid groups (broad SMARTS) is 1. The highest BCUT2D eigenvalue weighted by molar-refractivity contribution is 5.80. The van der Waals surface area contributed by atoms with Crippen molar-refractivity contribution in [3.05, 3.63) is 0 Å². The number of aliphatic carboxylic acids is 1. The maximum atomic E-state index is 11.8. The van der Waals surface area contributed by atoms with Crippen LogP contribution in [0.2, 0.25) is 0 Å². The minimum absolute atomic E-state index is 0.0846. The SMILES string of the molecule is CCC(CC)NC(=O)N(CCOC)CC(=O)O. The number of ether oxygens (including phenoxy) is 1. The van der Waals surface area contributed by atoms with Gasteiger partial charge in [0, 0.05) is 19.7 Å². The van der Waals surface area contributed by atoms with Gasteiger partial charge >= 0.3 is 12.0 Å². The summed E-state index contributed by atoms with van der Waals surface area (Å²) in [7, 11) is 1.51. The first-order chi connectivity index (χ1) is 8.04. The number of nitrogens with one attached hydrogen (secondary N) is 1. The molecule has 2 amide bonds. The number of nitrogens with zero attached hydrogens (tertiary/aromatic N) is 1. The van der Waals surface area contributed by atoms with Crippen LogP contribution in [0.5, 0.6) is 0 Å². The van der Waals surface area contributed by atoms with Gasteiger partial charge in [-0.2, -0.15) is 0 Å². The first kappa shape index (κ1) is 15.7. The van der Waals surface area contributed by atoms with Crippen molar-refractivity contribution in [2.45, 2.75) is 32.7 Å². The van der Waals surface area contributed by atoms with E-state index in [1.165, 1.54) is 12.0 Å². The first-order valence-electron chi connectivity index (χ1n) is 5.81. The molecule has 100 valence electrons. The molecule has 0 aliphatic rings. The second kappa shape index (κ2) is 8.81. The Labute approximate surface area is 102 Å². The van der Waals surface area contributed by atoms with Gasteiger partial charge in [-0.05, 0) is 12.8 Å². The number of hydrogen-bond acceptors (Lipinski definition) is 3. The van der Waals surface area contributed by atoms with Gasteiger partial charge in [0.1, 0.15) is 6.54 Å². The van der Waals surface area contributed by atoms with Crippen LogP contribution in [-0.2, 0) is 9.53 Å². The fourth-order valence-corrected chi connectivity index (χ4v) is 1.38. The summed E-state index contributed by atoms with van der Waals surface area (Å²) in [6.07, 6.45) is 1.65. The van der Waals surface area contributed by atoms with E-state index in [2.05, 4.69) is 5.32 Å². The van der Waals surface area contributed by atoms with E-state index < -0.39 is 5.97 Å². The number of methoxy groups -OCH3 is 1. The lowest BCUT2D eigenvalue weighted by Gasteiger charge is -2.24. The Hall–Kier alpha value is -1.30. The summed E-state index contributed by atoms with van der Waals surface area (Å²) in [4.78, 5) is 23.7. The van der Waals surface area contributed by atoms with E-state index in [9.17, 15) is 9.59 Å². The summed E-state index contributed by atoms with van der Waals surface area (Å²) in [5.41, 5.74) is 0. The van der Waals surface area contributed by atoms with E-state index in [-0.39, 0.29) is 25.2 Å². The molecule has 0 heterocycles. The molecule has 0 aromatic rings. The molecule has 6 heteroatoms. The summed E-state index contributed by atoms with van der Waals surface area (Å²) in [6.45, 7) is 4.24. The van der Waals surface area contributed by atoms with Crippen molar-refractivity contribution in [3.8, 4) is 0 Å². The number of hydrogen-bond donors (Lipinski definition) is 2. The molecule has 0 aliphatic heterocycles. The molecular weight excluding hydrogens is 224 g/mol. The van der Waals surface area contributed by atoms with Crippen LogP contribution in [0.1, 0.15) is 26.7 Å². The predicted octanol–water partition coefficient (Wildman–Crippen LogP) is 0.918. The molecule has 0 aromatic heterocycles. The maximum absolute atomic E-state index is 11.8. The van der Waals surface area contributed by atoms with Crippen LogP contribution in [0.3, 0.4) is 0 Å². The second-order valence-corrected chi connectivity index (χ2v) is 3.77. The molecule has 0 saturated carbocycles. The summed E-state index contributed by atoms with van der Waals surface area (Å²) >= 11 is 0. The van der Waals surface area contributed by atoms with E-state index in [0.717, 1.165) is 12.8 Å². The highest BCUT2D eigenvalue weighted by Gasteiger charge is 2.18. The van der Waals surface area contributed by atoms with Crippen molar-refractivity contribution in [2.24, 2.45) is 0 Å². The molecule has 0 radical (unpaired) electrons. The molecule has 0 fully saturated rings. The third-order valence-electron chi connectivity index (χ3n) is 2.49. The van der Waals surface area contributed by atoms with Gasteiger partial charge in [-0.15, -0.1) is 0 Å². The molecule has 0 unspecified atom stereocenters. The van der Waals surface area contributed by atoms with E-state index >= 15 is 0 Å². The molecule has 6 nitrogen and oxygen atoms in total. The second-order valence-electron chi connectivity index (χ2n) is 3.77. The Balaban J connectivity index is 4.34. The van der Waals surface area contributed by atoms with Crippen LogP contribution in [-0.4, -0.2) is 54.9 Å². The standard InChI is InChI=1S/C11H22N2O4/c1-4-9(5-2)12-11(16)13(6-7-17-3)8-10(14)15/h9H,4-8H2,1-3H3,(H,12,16)(H,14,15). The molecule has 0 rings (SSSR count). The minimum Gasteiger partial charge on any atom is -0.480 e. The zero-order valence-corrected chi connectivity index (χ0v) is 10.7. The smallest absolute Gasteiger partial charge is 0.323 e. The van der Waals surface area contributed by atoms with Crippen LogP contribution in [0.25, 0.3) is 0 Å². The zero-order valence-electron chi connectivity index (χ0n) is 10.7. The van der Waals surface area contributed by atoms with Crippen molar-refractivity contribution in [2.75, 3.05) is 26.8 Å². The molecular formula is C11H22N2O4. The summed E-state index contributed by atoms with van der Waals surface area (Å²) < 4.78 is 4.85. The predicted molar refractivity (Wildman–Crippen MR) is 64.0 cm³/mol. The number of urea groups is 1. The van der Waals surface area contributed by atoms with Crippen molar-refractivity contribution >= 4 is 12.0 Å². The lowest BCUT2D eigenvalue weighted by Crippen LogP contribution is -2.47. The fourth-order valence-electron chi connectivity index (χ4n) is 1.38. The molecule has 0 saturated heterocycles. The maximum Gasteiger partial charge on any atom is 0.323 e. The third-order valence-corrected chi connectivity index (χ3v) is 2.49. The van der Waals surface area contributed by atoms with Gasteiger partial charge in [0.15, 0.2) is 0 Å². The van der Waals surface area contributed by atoms with Crippen molar-refractivity contribution in [1.29, 1.82) is 0 Å². The van der Waals surface area contributed by atoms with Crippen LogP contribution in [0.15, 0.2) is 0 Å². The molecule has 17 heavy (non-hydrogen) atoms. The van der Waals surface area contributed by atoms with Crippen molar-refractivity contribution in [3.63, 3.8) is 0 Å². The number of carbonyl (C=O) groups is 2. The molecule has 0 aromatic carbocycles. The molecule has 2 N–H and O–H groups in total. The topological polar surface area (TPSA) is 78.9 Å². The lowest BCUT2D eigenvalue weighted by atomic mass is 10.2. The summed E-state index contributed by atoms with van der Waals surface area (Å²) in [6, 6.07) is -0.264. The van der Waals surface area contributed by atoms with Gasteiger partial charge < -0.3 is 20.1 Å². The van der Waals surface area contributed by atoms with Gasteiger partial charge in [-0.1, -0.05) is 13.8 Å². The average Bonchev–Trinajstić information content (AvgIpc) is 2.30. The Morgan fingerprint density at radius 3 is 2.35 bits per heavy atom. The summed E-state index contributed by atoms with van der Waals surface area (Å²) in [5.74, 6) is -1.03. The number of amides is 2. The van der Waals surface area contributed by atoms with Gasteiger partial charge in [0.25, 0.3) is 0 Å². The van der Waals surface area contributed by atoms with E-state index in [1.54, 1.807) is 0 Å². The molecule has 0 bridgehead atoms. The quantitative estimate of drug-likeness (QED) is 0.667. The van der Waals surface area contributed by atoms with Gasteiger partial charge in [-0.25, -0.2) is 4.79 Å². The largest absolute Gasteiger partial charge is 0.480 e. The van der Waals surface area contributed by atoms with Gasteiger partial charge in [0.05, 0.1) is 6.61 Å². The number of carboxylic acids is 1. The van der Waals surface area contributed by atoms with Gasteiger partial charge in [0.2, 0.25) is 0 Å². The average molecular weight is 246 g/mol. The Morgan fingerprint density at radius 2 is 1.94 bits per heavy atom. The molecule has 0 aliphatic carbocycles. The van der Waals surface area contributed by atoms with Crippen LogP contribution < -0.4 is 5.32 Å². The van der Waals surface area contributed by atoms with Crippen molar-refractivity contribution < 1.29 is 19.4 Å². The normalized spacial score (nSPS) is 10.4. The van der Waals surface area contributed by atoms with E-state index in [1.807, 2.05) is 13.8 Å². The van der Waals surface area contributed by atoms with Gasteiger partial charge in [-0.3, -0.25) is 4.79 Å². The number of carbonyl (C=O) groups excluding carboxylic acids is 1. The van der Waals surface area contributed by atoms with Crippen LogP contribution in [0, 0.1) is 0 Å². The Kier molecular flexibility index (Phi) is 8.13. The molecule has 0 atom stereocenters. The highest BCUT2D eigenvalue weighted by Crippen LogP contribution is 1.99. The van der Waals surface area contributed by atoms with Crippen molar-refractivity contribution in [1.82, 2.24) is 10.2 Å². The van der Waals surface area contributed by atoms with Crippen LogP contribution >= 0.6 is 0 Å². The lowest BCUT2D eigenvalue weighted by molar-refractivity contribution is -0.137. The monoisotopic (exact) mass is 246 g/mol. The van der Waals surface area contributed by atoms with Crippen LogP contribution in [0.4, 0.5) is 4.79 Å². The Bertz CT molecular complexity index is 242. The first-order valence-corrected chi connectivity index (χ1v) is 5.81. The summed E-state index contributed by atoms with van der Waals surface area (Å²) in [5, 5.41) is 11.5. The fraction of sp³-hybridized carbons (Fsp3) is 0.818. The third kappa shape index (κ3) is 6.78. The van der Waals surface area contributed by atoms with E-state index in [0.29, 0.717) is 6.61 Å².